The number of nitrogens with zero attached hydrogens (tertiary/aromatic N) is 2. The summed E-state index contributed by atoms with van der Waals surface area (Å²) in [6, 6.07) is 6.03. The Kier molecular flexibility index (Phi) is 6.79. The molecule has 1 aromatic carbocycles. The maximum Gasteiger partial charge on any atom is 0.263 e. The van der Waals surface area contributed by atoms with Crippen molar-refractivity contribution >= 4 is 44.9 Å². The van der Waals surface area contributed by atoms with Crippen molar-refractivity contribution in [3.05, 3.63) is 50.1 Å². The first kappa shape index (κ1) is 22.0. The van der Waals surface area contributed by atoms with Gasteiger partial charge in [-0.2, -0.15) is 0 Å². The Bertz CT molecular complexity index is 1180. The summed E-state index contributed by atoms with van der Waals surface area (Å²) in [5.41, 5.74) is 4.19. The summed E-state index contributed by atoms with van der Waals surface area (Å²) in [6.07, 6.45) is 3.92. The number of thioether (sulfide) groups is 1. The van der Waals surface area contributed by atoms with E-state index < -0.39 is 0 Å². The first-order chi connectivity index (χ1) is 15.0. The lowest BCUT2D eigenvalue weighted by Gasteiger charge is -2.14. The summed E-state index contributed by atoms with van der Waals surface area (Å²) in [6.45, 7) is 4.91. The van der Waals surface area contributed by atoms with Gasteiger partial charge in [-0.3, -0.25) is 14.2 Å². The predicted octanol–water partition coefficient (Wildman–Crippen LogP) is 4.19. The van der Waals surface area contributed by atoms with Crippen LogP contribution >= 0.6 is 23.1 Å². The predicted molar refractivity (Wildman–Crippen MR) is 128 cm³/mol. The highest BCUT2D eigenvalue weighted by Gasteiger charge is 2.23. The van der Waals surface area contributed by atoms with E-state index in [0.717, 1.165) is 52.7 Å². The number of nitrogens with one attached hydrogen (secondary N) is 1. The van der Waals surface area contributed by atoms with Gasteiger partial charge in [0.1, 0.15) is 4.83 Å². The molecule has 0 fully saturated rings. The average Bonchev–Trinajstić information content (AvgIpc) is 3.34. The van der Waals surface area contributed by atoms with Crippen LogP contribution in [0.5, 0.6) is 0 Å². The van der Waals surface area contributed by atoms with Crippen LogP contribution in [0.1, 0.15) is 34.9 Å². The Balaban J connectivity index is 1.59. The molecule has 0 saturated carbocycles. The molecule has 3 aromatic rings. The van der Waals surface area contributed by atoms with Crippen LogP contribution in [0.3, 0.4) is 0 Å². The van der Waals surface area contributed by atoms with Crippen LogP contribution in [-0.2, 0) is 35.3 Å². The zero-order valence-corrected chi connectivity index (χ0v) is 19.8. The van der Waals surface area contributed by atoms with Gasteiger partial charge in [-0.15, -0.1) is 11.3 Å². The fourth-order valence-electron chi connectivity index (χ4n) is 4.06. The van der Waals surface area contributed by atoms with Crippen molar-refractivity contribution in [1.29, 1.82) is 0 Å². The minimum absolute atomic E-state index is 0.0171. The normalized spacial score (nSPS) is 13.0. The number of aromatic nitrogens is 2. The number of carbonyl (C=O) groups is 1. The highest BCUT2D eigenvalue weighted by Crippen LogP contribution is 2.35. The van der Waals surface area contributed by atoms with Gasteiger partial charge in [-0.25, -0.2) is 4.98 Å². The number of aryl methyl sites for hydroxylation is 4. The van der Waals surface area contributed by atoms with Gasteiger partial charge in [-0.05, 0) is 49.3 Å². The molecule has 4 rings (SSSR count). The van der Waals surface area contributed by atoms with Crippen molar-refractivity contribution in [2.45, 2.75) is 51.2 Å². The number of para-hydroxylation sites is 1. The van der Waals surface area contributed by atoms with Crippen LogP contribution in [0, 0.1) is 6.92 Å². The average molecular weight is 458 g/mol. The molecule has 1 aliphatic carbocycles. The third kappa shape index (κ3) is 4.42. The van der Waals surface area contributed by atoms with Gasteiger partial charge < -0.3 is 10.1 Å². The van der Waals surface area contributed by atoms with Crippen molar-refractivity contribution in [3.8, 4) is 0 Å². The van der Waals surface area contributed by atoms with Gasteiger partial charge in [-0.1, -0.05) is 36.9 Å². The molecule has 0 spiro atoms. The van der Waals surface area contributed by atoms with Crippen LogP contribution < -0.4 is 10.9 Å². The SMILES string of the molecule is CCc1cccc(C)c1NC(=O)CSc1nc2sc3c(c2c(=O)n1CCOC)CCC3. The first-order valence-corrected chi connectivity index (χ1v) is 12.4. The molecular formula is C23H27N3O3S2. The van der Waals surface area contributed by atoms with Crippen molar-refractivity contribution < 1.29 is 9.53 Å². The monoisotopic (exact) mass is 457 g/mol. The number of thiophene rings is 1. The highest BCUT2D eigenvalue weighted by molar-refractivity contribution is 7.99. The lowest BCUT2D eigenvalue weighted by atomic mass is 10.1. The van der Waals surface area contributed by atoms with E-state index in [1.165, 1.54) is 22.2 Å². The number of benzene rings is 1. The topological polar surface area (TPSA) is 73.2 Å². The molecule has 1 aliphatic rings. The molecule has 31 heavy (non-hydrogen) atoms. The first-order valence-electron chi connectivity index (χ1n) is 10.6. The molecule has 0 bridgehead atoms. The number of carbonyl (C=O) groups excluding carboxylic acids is 1. The number of amides is 1. The van der Waals surface area contributed by atoms with E-state index in [2.05, 4.69) is 12.2 Å². The van der Waals surface area contributed by atoms with Crippen molar-refractivity contribution in [3.63, 3.8) is 0 Å². The van der Waals surface area contributed by atoms with Crippen LogP contribution in [0.15, 0.2) is 28.2 Å². The van der Waals surface area contributed by atoms with Gasteiger partial charge in [0.2, 0.25) is 5.91 Å². The van der Waals surface area contributed by atoms with E-state index in [-0.39, 0.29) is 17.2 Å². The fraction of sp³-hybridized carbons (Fsp3) is 0.435. The van der Waals surface area contributed by atoms with E-state index in [4.69, 9.17) is 9.72 Å². The molecule has 2 heterocycles. The Morgan fingerprint density at radius 2 is 2.19 bits per heavy atom. The molecule has 1 amide bonds. The fourth-order valence-corrected chi connectivity index (χ4v) is 6.18. The summed E-state index contributed by atoms with van der Waals surface area (Å²) in [5.74, 6) is 0.0864. The molecule has 0 unspecified atom stereocenters. The molecular weight excluding hydrogens is 430 g/mol. The molecule has 8 heteroatoms. The van der Waals surface area contributed by atoms with E-state index in [0.29, 0.717) is 18.3 Å². The summed E-state index contributed by atoms with van der Waals surface area (Å²) in [5, 5.41) is 4.38. The second-order valence-electron chi connectivity index (χ2n) is 7.68. The number of anilines is 1. The summed E-state index contributed by atoms with van der Waals surface area (Å²) >= 11 is 2.93. The molecule has 2 aromatic heterocycles. The number of hydrogen-bond acceptors (Lipinski definition) is 6. The maximum absolute atomic E-state index is 13.3. The zero-order chi connectivity index (χ0) is 22.0. The van der Waals surface area contributed by atoms with E-state index in [1.54, 1.807) is 23.0 Å². The van der Waals surface area contributed by atoms with Gasteiger partial charge >= 0.3 is 0 Å². The van der Waals surface area contributed by atoms with Crippen LogP contribution in [0.4, 0.5) is 5.69 Å². The largest absolute Gasteiger partial charge is 0.383 e. The van der Waals surface area contributed by atoms with Crippen molar-refractivity contribution in [2.24, 2.45) is 0 Å². The van der Waals surface area contributed by atoms with E-state index in [9.17, 15) is 9.59 Å². The third-order valence-corrected chi connectivity index (χ3v) is 7.81. The summed E-state index contributed by atoms with van der Waals surface area (Å²) in [4.78, 5) is 32.9. The highest BCUT2D eigenvalue weighted by atomic mass is 32.2. The zero-order valence-electron chi connectivity index (χ0n) is 18.1. The molecule has 0 radical (unpaired) electrons. The van der Waals surface area contributed by atoms with Gasteiger partial charge in [0.25, 0.3) is 5.56 Å². The van der Waals surface area contributed by atoms with Gasteiger partial charge in [0.15, 0.2) is 5.16 Å². The van der Waals surface area contributed by atoms with E-state index >= 15 is 0 Å². The number of ether oxygens (including phenoxy) is 1. The number of methoxy groups -OCH3 is 1. The second kappa shape index (κ2) is 9.54. The molecule has 0 atom stereocenters. The minimum Gasteiger partial charge on any atom is -0.383 e. The van der Waals surface area contributed by atoms with E-state index in [1.807, 2.05) is 25.1 Å². The number of rotatable bonds is 8. The van der Waals surface area contributed by atoms with Crippen LogP contribution in [-0.4, -0.2) is 34.9 Å². The Hall–Kier alpha value is -2.16. The smallest absolute Gasteiger partial charge is 0.263 e. The maximum atomic E-state index is 13.3. The van der Waals surface area contributed by atoms with Gasteiger partial charge in [0.05, 0.1) is 24.3 Å². The number of hydrogen-bond donors (Lipinski definition) is 1. The van der Waals surface area contributed by atoms with Crippen molar-refractivity contribution in [1.82, 2.24) is 9.55 Å². The minimum atomic E-state index is -0.102. The molecule has 1 N–H and O–H groups in total. The lowest BCUT2D eigenvalue weighted by molar-refractivity contribution is -0.113. The van der Waals surface area contributed by atoms with Gasteiger partial charge in [0, 0.05) is 17.7 Å². The Labute approximate surface area is 190 Å². The lowest BCUT2D eigenvalue weighted by Crippen LogP contribution is -2.26. The quantitative estimate of drug-likeness (QED) is 0.406. The molecule has 6 nitrogen and oxygen atoms in total. The number of fused-ring (bicyclic) bond motifs is 3. The molecule has 164 valence electrons. The van der Waals surface area contributed by atoms with Crippen LogP contribution in [0.2, 0.25) is 0 Å². The molecule has 0 saturated heterocycles. The Morgan fingerprint density at radius 1 is 1.35 bits per heavy atom. The third-order valence-electron chi connectivity index (χ3n) is 5.65. The second-order valence-corrected chi connectivity index (χ2v) is 9.71. The standard InChI is InChI=1S/C23H27N3O3S2/c1-4-15-8-5-7-14(2)20(15)24-18(27)13-30-23-25-21-19(16-9-6-10-17(16)31-21)22(28)26(23)11-12-29-3/h5,7-8H,4,6,9-13H2,1-3H3,(H,24,27). The van der Waals surface area contributed by atoms with Crippen molar-refractivity contribution in [2.75, 3.05) is 24.8 Å². The summed E-state index contributed by atoms with van der Waals surface area (Å²) < 4.78 is 6.88. The van der Waals surface area contributed by atoms with Crippen LogP contribution in [0.25, 0.3) is 10.2 Å². The Morgan fingerprint density at radius 3 is 2.97 bits per heavy atom. The summed E-state index contributed by atoms with van der Waals surface area (Å²) in [7, 11) is 1.62. The molecule has 0 aliphatic heterocycles.